The van der Waals surface area contributed by atoms with Crippen molar-refractivity contribution in [2.75, 3.05) is 7.11 Å². The van der Waals surface area contributed by atoms with Gasteiger partial charge in [-0.15, -0.1) is 0 Å². The van der Waals surface area contributed by atoms with Gasteiger partial charge in [-0.25, -0.2) is 4.79 Å². The van der Waals surface area contributed by atoms with Crippen LogP contribution in [0, 0.1) is 0 Å². The van der Waals surface area contributed by atoms with Crippen LogP contribution in [0.5, 0.6) is 5.75 Å². The molecule has 0 heterocycles. The van der Waals surface area contributed by atoms with Crippen molar-refractivity contribution in [3.05, 3.63) is 71.8 Å². The van der Waals surface area contributed by atoms with Gasteiger partial charge in [0, 0.05) is 0 Å². The minimum atomic E-state index is -4.58. The smallest absolute Gasteiger partial charge is 0.419 e. The SMILES string of the molecule is COC(=O)C(/C=C/c1ccccc1)Oc1ccccc1C(F)(F)F. The van der Waals surface area contributed by atoms with Crippen LogP contribution in [0.2, 0.25) is 0 Å². The van der Waals surface area contributed by atoms with Gasteiger partial charge < -0.3 is 9.47 Å². The molecule has 0 N–H and O–H groups in total. The average molecular weight is 336 g/mol. The minimum Gasteiger partial charge on any atom is -0.474 e. The van der Waals surface area contributed by atoms with Crippen LogP contribution in [0.25, 0.3) is 6.08 Å². The molecule has 24 heavy (non-hydrogen) atoms. The fraction of sp³-hybridized carbons (Fsp3) is 0.167. The van der Waals surface area contributed by atoms with E-state index in [9.17, 15) is 18.0 Å². The number of methoxy groups -OCH3 is 1. The zero-order valence-corrected chi connectivity index (χ0v) is 12.8. The van der Waals surface area contributed by atoms with E-state index < -0.39 is 29.6 Å². The number of ether oxygens (including phenoxy) is 2. The number of hydrogen-bond donors (Lipinski definition) is 0. The highest BCUT2D eigenvalue weighted by atomic mass is 19.4. The zero-order valence-electron chi connectivity index (χ0n) is 12.8. The molecular formula is C18H15F3O3. The van der Waals surface area contributed by atoms with E-state index in [0.717, 1.165) is 24.8 Å². The summed E-state index contributed by atoms with van der Waals surface area (Å²) in [6.07, 6.45) is -2.94. The Morgan fingerprint density at radius 3 is 2.29 bits per heavy atom. The largest absolute Gasteiger partial charge is 0.474 e. The van der Waals surface area contributed by atoms with Crippen molar-refractivity contribution in [2.24, 2.45) is 0 Å². The molecule has 0 saturated heterocycles. The molecule has 2 rings (SSSR count). The molecule has 1 unspecified atom stereocenters. The third-order valence-corrected chi connectivity index (χ3v) is 3.14. The van der Waals surface area contributed by atoms with Crippen LogP contribution in [-0.2, 0) is 15.7 Å². The van der Waals surface area contributed by atoms with Gasteiger partial charge in [-0.2, -0.15) is 13.2 Å². The van der Waals surface area contributed by atoms with Gasteiger partial charge in [-0.1, -0.05) is 48.5 Å². The quantitative estimate of drug-likeness (QED) is 0.762. The topological polar surface area (TPSA) is 35.5 Å². The molecule has 126 valence electrons. The molecule has 0 amide bonds. The first-order chi connectivity index (χ1) is 11.4. The minimum absolute atomic E-state index is 0.432. The number of para-hydroxylation sites is 1. The summed E-state index contributed by atoms with van der Waals surface area (Å²) in [5.74, 6) is -1.22. The van der Waals surface area contributed by atoms with Crippen molar-refractivity contribution in [3.63, 3.8) is 0 Å². The molecular weight excluding hydrogens is 321 g/mol. The van der Waals surface area contributed by atoms with Gasteiger partial charge in [-0.3, -0.25) is 0 Å². The lowest BCUT2D eigenvalue weighted by atomic mass is 10.1. The van der Waals surface area contributed by atoms with Crippen molar-refractivity contribution in [3.8, 4) is 5.75 Å². The van der Waals surface area contributed by atoms with E-state index in [1.54, 1.807) is 30.3 Å². The molecule has 2 aromatic rings. The Morgan fingerprint density at radius 1 is 1.04 bits per heavy atom. The lowest BCUT2D eigenvalue weighted by Crippen LogP contribution is -2.27. The number of rotatable bonds is 5. The second-order valence-corrected chi connectivity index (χ2v) is 4.83. The molecule has 6 heteroatoms. The third-order valence-electron chi connectivity index (χ3n) is 3.14. The Kier molecular flexibility index (Phi) is 5.63. The maximum Gasteiger partial charge on any atom is 0.419 e. The molecule has 0 aliphatic rings. The van der Waals surface area contributed by atoms with Crippen LogP contribution >= 0.6 is 0 Å². The highest BCUT2D eigenvalue weighted by molar-refractivity contribution is 5.78. The molecule has 0 bridgehead atoms. The normalized spacial score (nSPS) is 12.8. The second kappa shape index (κ2) is 7.68. The molecule has 0 spiro atoms. The average Bonchev–Trinajstić information content (AvgIpc) is 2.58. The van der Waals surface area contributed by atoms with E-state index in [0.29, 0.717) is 0 Å². The monoisotopic (exact) mass is 336 g/mol. The second-order valence-electron chi connectivity index (χ2n) is 4.83. The van der Waals surface area contributed by atoms with Gasteiger partial charge in [0.05, 0.1) is 12.7 Å². The summed E-state index contributed by atoms with van der Waals surface area (Å²) < 4.78 is 48.9. The van der Waals surface area contributed by atoms with Crippen LogP contribution in [0.4, 0.5) is 13.2 Å². The number of alkyl halides is 3. The fourth-order valence-electron chi connectivity index (χ4n) is 1.99. The molecule has 2 aromatic carbocycles. The highest BCUT2D eigenvalue weighted by Gasteiger charge is 2.35. The van der Waals surface area contributed by atoms with Crippen LogP contribution in [-0.4, -0.2) is 19.2 Å². The summed E-state index contributed by atoms with van der Waals surface area (Å²) in [5.41, 5.74) is -0.175. The van der Waals surface area contributed by atoms with Crippen LogP contribution in [0.15, 0.2) is 60.7 Å². The van der Waals surface area contributed by atoms with Crippen molar-refractivity contribution >= 4 is 12.0 Å². The number of carbonyl (C=O) groups is 1. The molecule has 0 aliphatic heterocycles. The van der Waals surface area contributed by atoms with Gasteiger partial charge in [0.25, 0.3) is 0 Å². The van der Waals surface area contributed by atoms with Gasteiger partial charge in [0.15, 0.2) is 0 Å². The Morgan fingerprint density at radius 2 is 1.67 bits per heavy atom. The molecule has 0 aromatic heterocycles. The van der Waals surface area contributed by atoms with E-state index in [2.05, 4.69) is 4.74 Å². The number of hydrogen-bond acceptors (Lipinski definition) is 3. The molecule has 0 radical (unpaired) electrons. The summed E-state index contributed by atoms with van der Waals surface area (Å²) >= 11 is 0. The maximum atomic E-state index is 13.0. The third kappa shape index (κ3) is 4.62. The van der Waals surface area contributed by atoms with Gasteiger partial charge in [0.2, 0.25) is 6.10 Å². The number of halogens is 3. The van der Waals surface area contributed by atoms with E-state index in [-0.39, 0.29) is 0 Å². The summed E-state index contributed by atoms with van der Waals surface area (Å²) in [4.78, 5) is 11.8. The molecule has 1 atom stereocenters. The first-order valence-electron chi connectivity index (χ1n) is 7.06. The summed E-state index contributed by atoms with van der Waals surface area (Å²) in [6.45, 7) is 0. The number of esters is 1. The van der Waals surface area contributed by atoms with Crippen molar-refractivity contribution < 1.29 is 27.4 Å². The van der Waals surface area contributed by atoms with E-state index >= 15 is 0 Å². The molecule has 0 saturated carbocycles. The lowest BCUT2D eigenvalue weighted by molar-refractivity contribution is -0.149. The van der Waals surface area contributed by atoms with Crippen molar-refractivity contribution in [2.45, 2.75) is 12.3 Å². The van der Waals surface area contributed by atoms with Crippen LogP contribution in [0.1, 0.15) is 11.1 Å². The van der Waals surface area contributed by atoms with Crippen molar-refractivity contribution in [1.82, 2.24) is 0 Å². The van der Waals surface area contributed by atoms with Gasteiger partial charge in [0.1, 0.15) is 5.75 Å². The first-order valence-corrected chi connectivity index (χ1v) is 7.06. The lowest BCUT2D eigenvalue weighted by Gasteiger charge is -2.17. The predicted octanol–water partition coefficient (Wildman–Crippen LogP) is 4.34. The zero-order chi connectivity index (χ0) is 17.6. The van der Waals surface area contributed by atoms with E-state index in [4.69, 9.17) is 4.74 Å². The first kappa shape index (κ1) is 17.6. The van der Waals surface area contributed by atoms with Gasteiger partial charge >= 0.3 is 12.1 Å². The van der Waals surface area contributed by atoms with Gasteiger partial charge in [-0.05, 0) is 23.8 Å². The predicted molar refractivity (Wildman–Crippen MR) is 83.4 cm³/mol. The summed E-state index contributed by atoms with van der Waals surface area (Å²) in [6, 6.07) is 13.7. The Labute approximate surface area is 137 Å². The Balaban J connectivity index is 2.28. The molecule has 3 nitrogen and oxygen atoms in total. The van der Waals surface area contributed by atoms with Crippen LogP contribution in [0.3, 0.4) is 0 Å². The Hall–Kier alpha value is -2.76. The summed E-state index contributed by atoms with van der Waals surface area (Å²) in [7, 11) is 1.14. The fourth-order valence-corrected chi connectivity index (χ4v) is 1.99. The molecule has 0 fully saturated rings. The summed E-state index contributed by atoms with van der Waals surface area (Å²) in [5, 5.41) is 0. The highest BCUT2D eigenvalue weighted by Crippen LogP contribution is 2.36. The number of carbonyl (C=O) groups excluding carboxylic acids is 1. The Bertz CT molecular complexity index is 709. The molecule has 0 aliphatic carbocycles. The van der Waals surface area contributed by atoms with E-state index in [1.807, 2.05) is 6.07 Å². The van der Waals surface area contributed by atoms with Crippen molar-refractivity contribution in [1.29, 1.82) is 0 Å². The van der Waals surface area contributed by atoms with E-state index in [1.165, 1.54) is 18.2 Å². The standard InChI is InChI=1S/C18H15F3O3/c1-23-17(22)16(12-11-13-7-3-2-4-8-13)24-15-10-6-5-9-14(15)18(19,20)21/h2-12,16H,1H3/b12-11+. The maximum absolute atomic E-state index is 13.0. The number of benzene rings is 2. The van der Waals surface area contributed by atoms with Crippen LogP contribution < -0.4 is 4.74 Å².